The smallest absolute Gasteiger partial charge is 0.0704 e. The Balaban J connectivity index is 2.08. The fourth-order valence-corrected chi connectivity index (χ4v) is 2.11. The molecule has 0 aliphatic rings. The normalized spacial score (nSPS) is 12.8. The van der Waals surface area contributed by atoms with E-state index in [9.17, 15) is 5.11 Å². The van der Waals surface area contributed by atoms with Crippen molar-refractivity contribution in [3.8, 4) is 0 Å². The summed E-state index contributed by atoms with van der Waals surface area (Å²) in [6.45, 7) is 2.02. The van der Waals surface area contributed by atoms with Gasteiger partial charge in [0.25, 0.3) is 0 Å². The quantitative estimate of drug-likeness (QED) is 0.853. The second-order valence-corrected chi connectivity index (χ2v) is 4.44. The highest BCUT2D eigenvalue weighted by Gasteiger charge is 2.03. The molecule has 1 aromatic carbocycles. The molecule has 0 bridgehead atoms. The third-order valence-corrected chi connectivity index (χ3v) is 3.19. The van der Waals surface area contributed by atoms with Crippen molar-refractivity contribution in [2.45, 2.75) is 38.7 Å². The molecular formula is C15H19NO. The molecule has 0 aliphatic carbocycles. The maximum Gasteiger partial charge on any atom is 0.0704 e. The molecule has 2 heteroatoms. The summed E-state index contributed by atoms with van der Waals surface area (Å²) >= 11 is 0. The van der Waals surface area contributed by atoms with E-state index in [2.05, 4.69) is 23.2 Å². The van der Waals surface area contributed by atoms with Crippen molar-refractivity contribution in [2.24, 2.45) is 0 Å². The Hall–Kier alpha value is -1.41. The largest absolute Gasteiger partial charge is 0.393 e. The Labute approximate surface area is 102 Å². The summed E-state index contributed by atoms with van der Waals surface area (Å²) < 4.78 is 0. The maximum absolute atomic E-state index is 9.54. The molecule has 0 saturated heterocycles. The van der Waals surface area contributed by atoms with Crippen LogP contribution in [-0.2, 0) is 6.42 Å². The van der Waals surface area contributed by atoms with Gasteiger partial charge in [0, 0.05) is 11.6 Å². The number of fused-ring (bicyclic) bond motifs is 1. The van der Waals surface area contributed by atoms with E-state index in [0.29, 0.717) is 0 Å². The minimum Gasteiger partial charge on any atom is -0.393 e. The van der Waals surface area contributed by atoms with Crippen LogP contribution in [0.2, 0.25) is 0 Å². The van der Waals surface area contributed by atoms with Crippen molar-refractivity contribution in [1.29, 1.82) is 0 Å². The molecule has 2 aromatic rings. The number of hydrogen-bond acceptors (Lipinski definition) is 2. The first-order chi connectivity index (χ1) is 8.31. The zero-order valence-corrected chi connectivity index (χ0v) is 10.3. The standard InChI is InChI=1S/C15H19NO/c1-2-13(17)7-5-6-12-10-11-16-15-9-4-3-8-14(12)15/h3-4,8-11,13,17H,2,5-7H2,1H3. The number of para-hydroxylation sites is 1. The van der Waals surface area contributed by atoms with Gasteiger partial charge in [-0.2, -0.15) is 0 Å². The van der Waals surface area contributed by atoms with Crippen molar-refractivity contribution in [3.63, 3.8) is 0 Å². The number of nitrogens with zero attached hydrogens (tertiary/aromatic N) is 1. The molecular weight excluding hydrogens is 210 g/mol. The van der Waals surface area contributed by atoms with Gasteiger partial charge in [0.15, 0.2) is 0 Å². The number of aryl methyl sites for hydroxylation is 1. The lowest BCUT2D eigenvalue weighted by Gasteiger charge is -2.08. The number of hydrogen-bond donors (Lipinski definition) is 1. The zero-order valence-electron chi connectivity index (χ0n) is 10.3. The molecule has 0 amide bonds. The molecule has 0 fully saturated rings. The first kappa shape index (κ1) is 12.1. The van der Waals surface area contributed by atoms with E-state index in [1.807, 2.05) is 25.3 Å². The zero-order chi connectivity index (χ0) is 12.1. The van der Waals surface area contributed by atoms with E-state index in [1.54, 1.807) is 0 Å². The molecule has 90 valence electrons. The topological polar surface area (TPSA) is 33.1 Å². The van der Waals surface area contributed by atoms with Crippen LogP contribution in [0.15, 0.2) is 36.5 Å². The molecule has 0 aliphatic heterocycles. The van der Waals surface area contributed by atoms with Gasteiger partial charge in [-0.3, -0.25) is 4.98 Å². The Morgan fingerprint density at radius 3 is 2.88 bits per heavy atom. The van der Waals surface area contributed by atoms with Gasteiger partial charge in [-0.05, 0) is 43.4 Å². The van der Waals surface area contributed by atoms with Crippen LogP contribution in [-0.4, -0.2) is 16.2 Å². The van der Waals surface area contributed by atoms with Crippen molar-refractivity contribution >= 4 is 10.9 Å². The fourth-order valence-electron chi connectivity index (χ4n) is 2.11. The molecule has 1 N–H and O–H groups in total. The highest BCUT2D eigenvalue weighted by atomic mass is 16.3. The van der Waals surface area contributed by atoms with Gasteiger partial charge in [-0.1, -0.05) is 25.1 Å². The van der Waals surface area contributed by atoms with E-state index in [-0.39, 0.29) is 6.10 Å². The SMILES string of the molecule is CCC(O)CCCc1ccnc2ccccc12. The van der Waals surface area contributed by atoms with Crippen molar-refractivity contribution < 1.29 is 5.11 Å². The molecule has 0 spiro atoms. The van der Waals surface area contributed by atoms with Crippen molar-refractivity contribution in [3.05, 3.63) is 42.1 Å². The molecule has 2 rings (SSSR count). The van der Waals surface area contributed by atoms with Gasteiger partial charge < -0.3 is 5.11 Å². The molecule has 1 aromatic heterocycles. The third-order valence-electron chi connectivity index (χ3n) is 3.19. The Bertz CT molecular complexity index is 476. The number of aromatic nitrogens is 1. The molecule has 1 heterocycles. The number of aliphatic hydroxyl groups is 1. The summed E-state index contributed by atoms with van der Waals surface area (Å²) in [5.74, 6) is 0. The molecule has 0 radical (unpaired) electrons. The number of rotatable bonds is 5. The van der Waals surface area contributed by atoms with Crippen LogP contribution in [0.25, 0.3) is 10.9 Å². The minimum atomic E-state index is -0.150. The summed E-state index contributed by atoms with van der Waals surface area (Å²) in [5, 5.41) is 10.8. The van der Waals surface area contributed by atoms with Crippen LogP contribution in [0.5, 0.6) is 0 Å². The molecule has 1 unspecified atom stereocenters. The van der Waals surface area contributed by atoms with E-state index < -0.39 is 0 Å². The first-order valence-corrected chi connectivity index (χ1v) is 6.32. The van der Waals surface area contributed by atoms with Crippen LogP contribution in [0.1, 0.15) is 31.7 Å². The molecule has 0 saturated carbocycles. The fraction of sp³-hybridized carbons (Fsp3) is 0.400. The van der Waals surface area contributed by atoms with Crippen molar-refractivity contribution in [1.82, 2.24) is 4.98 Å². The van der Waals surface area contributed by atoms with Gasteiger partial charge in [-0.15, -0.1) is 0 Å². The van der Waals surface area contributed by atoms with E-state index >= 15 is 0 Å². The number of benzene rings is 1. The lowest BCUT2D eigenvalue weighted by atomic mass is 10.0. The summed E-state index contributed by atoms with van der Waals surface area (Å²) in [6, 6.07) is 10.3. The first-order valence-electron chi connectivity index (χ1n) is 6.32. The maximum atomic E-state index is 9.54. The Kier molecular flexibility index (Phi) is 4.10. The average Bonchev–Trinajstić information content (AvgIpc) is 2.39. The van der Waals surface area contributed by atoms with E-state index in [0.717, 1.165) is 31.2 Å². The predicted molar refractivity (Wildman–Crippen MR) is 71.0 cm³/mol. The summed E-state index contributed by atoms with van der Waals surface area (Å²) in [5.41, 5.74) is 2.39. The molecule has 1 atom stereocenters. The summed E-state index contributed by atoms with van der Waals surface area (Å²) in [6.07, 6.45) is 5.49. The Morgan fingerprint density at radius 1 is 1.24 bits per heavy atom. The van der Waals surface area contributed by atoms with Gasteiger partial charge in [0.2, 0.25) is 0 Å². The lowest BCUT2D eigenvalue weighted by Crippen LogP contribution is -2.04. The predicted octanol–water partition coefficient (Wildman–Crippen LogP) is 3.33. The van der Waals surface area contributed by atoms with Crippen LogP contribution in [0.4, 0.5) is 0 Å². The summed E-state index contributed by atoms with van der Waals surface area (Å²) in [4.78, 5) is 4.35. The van der Waals surface area contributed by atoms with Gasteiger partial charge in [0.1, 0.15) is 0 Å². The van der Waals surface area contributed by atoms with Crippen molar-refractivity contribution in [2.75, 3.05) is 0 Å². The molecule has 2 nitrogen and oxygen atoms in total. The third kappa shape index (κ3) is 3.04. The monoisotopic (exact) mass is 229 g/mol. The highest BCUT2D eigenvalue weighted by molar-refractivity contribution is 5.81. The van der Waals surface area contributed by atoms with Crippen LogP contribution < -0.4 is 0 Å². The Morgan fingerprint density at radius 2 is 2.06 bits per heavy atom. The number of pyridine rings is 1. The van der Waals surface area contributed by atoms with Crippen LogP contribution in [0, 0.1) is 0 Å². The minimum absolute atomic E-state index is 0.150. The van der Waals surface area contributed by atoms with Crippen LogP contribution >= 0.6 is 0 Å². The second-order valence-electron chi connectivity index (χ2n) is 4.44. The summed E-state index contributed by atoms with van der Waals surface area (Å²) in [7, 11) is 0. The number of aliphatic hydroxyl groups excluding tert-OH is 1. The molecule has 17 heavy (non-hydrogen) atoms. The van der Waals surface area contributed by atoms with E-state index in [4.69, 9.17) is 0 Å². The lowest BCUT2D eigenvalue weighted by molar-refractivity contribution is 0.158. The van der Waals surface area contributed by atoms with Gasteiger partial charge in [-0.25, -0.2) is 0 Å². The highest BCUT2D eigenvalue weighted by Crippen LogP contribution is 2.18. The van der Waals surface area contributed by atoms with Crippen LogP contribution in [0.3, 0.4) is 0 Å². The van der Waals surface area contributed by atoms with Gasteiger partial charge in [0.05, 0.1) is 11.6 Å². The van der Waals surface area contributed by atoms with Gasteiger partial charge >= 0.3 is 0 Å². The van der Waals surface area contributed by atoms with E-state index in [1.165, 1.54) is 10.9 Å². The average molecular weight is 229 g/mol. The second kappa shape index (κ2) is 5.78.